The minimum absolute atomic E-state index is 0.0148. The van der Waals surface area contributed by atoms with Crippen molar-refractivity contribution in [2.24, 2.45) is 0 Å². The molecule has 1 fully saturated rings. The van der Waals surface area contributed by atoms with Gasteiger partial charge >= 0.3 is 0 Å². The van der Waals surface area contributed by atoms with Crippen molar-refractivity contribution in [2.45, 2.75) is 38.5 Å². The van der Waals surface area contributed by atoms with Crippen molar-refractivity contribution in [3.63, 3.8) is 0 Å². The summed E-state index contributed by atoms with van der Waals surface area (Å²) in [7, 11) is 1.60. The van der Waals surface area contributed by atoms with Crippen LogP contribution in [0.1, 0.15) is 47.9 Å². The second-order valence-corrected chi connectivity index (χ2v) is 11.4. The predicted molar refractivity (Wildman–Crippen MR) is 172 cm³/mol. The third-order valence-corrected chi connectivity index (χ3v) is 8.45. The largest absolute Gasteiger partial charge is 0.496 e. The molecule has 0 bridgehead atoms. The van der Waals surface area contributed by atoms with Gasteiger partial charge in [-0.2, -0.15) is 0 Å². The molecule has 3 heterocycles. The Hall–Kier alpha value is -5.24. The van der Waals surface area contributed by atoms with Crippen LogP contribution in [0, 0.1) is 6.92 Å². The van der Waals surface area contributed by atoms with Gasteiger partial charge in [0.25, 0.3) is 0 Å². The molecule has 1 aliphatic rings. The first kappa shape index (κ1) is 27.6. The number of Topliss-reactive ketones (excluding diaryl/α,β-unsaturated/α-hetero) is 1. The number of ether oxygens (including phenoxy) is 1. The number of nitrogens with one attached hydrogen (secondary N) is 2. The molecule has 1 aliphatic carbocycles. The van der Waals surface area contributed by atoms with Crippen LogP contribution in [0.5, 0.6) is 5.75 Å². The SMILES string of the molecule is CCNc1cc2oc(-c3ccc(C)cc3)c(-c3ncc[nH]3)c2cc1-c1ccc(OC)c(C(=O)CC2(c3ncccn3)CC2)c1. The number of benzene rings is 3. The second-order valence-electron chi connectivity index (χ2n) is 11.4. The van der Waals surface area contributed by atoms with E-state index in [-0.39, 0.29) is 11.2 Å². The standard InChI is InChI=1S/C36H33N5O3/c1-4-37-28-20-31-27(32(34-38-16-17-39-34)33(44-31)23-8-6-22(2)7-9-23)19-25(28)24-10-11-30(43-3)26(18-24)29(42)21-36(12-13-36)35-40-14-5-15-41-35/h5-11,14-20,37H,4,12-13,21H2,1-3H3,(H,38,39). The second kappa shape index (κ2) is 11.1. The highest BCUT2D eigenvalue weighted by molar-refractivity contribution is 6.06. The van der Waals surface area contributed by atoms with Crippen LogP contribution < -0.4 is 10.1 Å². The molecule has 2 N–H and O–H groups in total. The maximum atomic E-state index is 13.9. The molecule has 44 heavy (non-hydrogen) atoms. The fourth-order valence-corrected chi connectivity index (χ4v) is 5.96. The maximum absolute atomic E-state index is 13.9. The number of aromatic nitrogens is 4. The fourth-order valence-electron chi connectivity index (χ4n) is 5.96. The van der Waals surface area contributed by atoms with Gasteiger partial charge in [-0.1, -0.05) is 35.9 Å². The highest BCUT2D eigenvalue weighted by atomic mass is 16.5. The number of imidazole rings is 1. The summed E-state index contributed by atoms with van der Waals surface area (Å²) in [5.41, 5.74) is 6.78. The zero-order chi connectivity index (χ0) is 30.3. The number of fused-ring (bicyclic) bond motifs is 1. The number of H-pyrrole nitrogens is 1. The van der Waals surface area contributed by atoms with Gasteiger partial charge in [0.05, 0.1) is 18.2 Å². The van der Waals surface area contributed by atoms with Crippen molar-refractivity contribution in [2.75, 3.05) is 19.0 Å². The topological polar surface area (TPSA) is 106 Å². The molecular formula is C36H33N5O3. The van der Waals surface area contributed by atoms with E-state index in [4.69, 9.17) is 9.15 Å². The minimum atomic E-state index is -0.311. The Labute approximate surface area is 255 Å². The van der Waals surface area contributed by atoms with Gasteiger partial charge in [-0.25, -0.2) is 15.0 Å². The molecule has 0 radical (unpaired) electrons. The normalized spacial score (nSPS) is 13.6. The van der Waals surface area contributed by atoms with Crippen molar-refractivity contribution in [3.8, 4) is 39.6 Å². The Kier molecular flexibility index (Phi) is 6.97. The van der Waals surface area contributed by atoms with E-state index in [0.717, 1.165) is 75.7 Å². The van der Waals surface area contributed by atoms with E-state index in [0.29, 0.717) is 17.7 Å². The summed E-state index contributed by atoms with van der Waals surface area (Å²) in [5, 5.41) is 4.43. The number of carbonyl (C=O) groups is 1. The first-order valence-electron chi connectivity index (χ1n) is 14.9. The van der Waals surface area contributed by atoms with E-state index in [1.165, 1.54) is 5.56 Å². The summed E-state index contributed by atoms with van der Waals surface area (Å²) in [4.78, 5) is 30.7. The number of methoxy groups -OCH3 is 1. The number of hydrogen-bond acceptors (Lipinski definition) is 7. The zero-order valence-corrected chi connectivity index (χ0v) is 25.0. The predicted octanol–water partition coefficient (Wildman–Crippen LogP) is 8.00. The maximum Gasteiger partial charge on any atom is 0.167 e. The molecule has 8 nitrogen and oxygen atoms in total. The van der Waals surface area contributed by atoms with Crippen LogP contribution in [0.4, 0.5) is 5.69 Å². The van der Waals surface area contributed by atoms with Gasteiger partial charge in [-0.05, 0) is 56.5 Å². The number of aromatic amines is 1. The third kappa shape index (κ3) is 4.92. The smallest absolute Gasteiger partial charge is 0.167 e. The molecule has 3 aromatic heterocycles. The molecule has 0 unspecified atom stereocenters. The number of carbonyl (C=O) groups excluding carboxylic acids is 1. The molecule has 6 aromatic rings. The quantitative estimate of drug-likeness (QED) is 0.157. The van der Waals surface area contributed by atoms with Gasteiger partial charge in [-0.3, -0.25) is 4.79 Å². The number of ketones is 1. The minimum Gasteiger partial charge on any atom is -0.496 e. The van der Waals surface area contributed by atoms with E-state index in [1.807, 2.05) is 30.5 Å². The highest BCUT2D eigenvalue weighted by Crippen LogP contribution is 2.50. The van der Waals surface area contributed by atoms with Crippen molar-refractivity contribution in [1.82, 2.24) is 19.9 Å². The lowest BCUT2D eigenvalue weighted by atomic mass is 9.91. The van der Waals surface area contributed by atoms with Crippen LogP contribution in [-0.4, -0.2) is 39.4 Å². The van der Waals surface area contributed by atoms with Crippen LogP contribution in [0.25, 0.3) is 44.8 Å². The van der Waals surface area contributed by atoms with E-state index < -0.39 is 0 Å². The van der Waals surface area contributed by atoms with E-state index in [1.54, 1.807) is 31.8 Å². The monoisotopic (exact) mass is 583 g/mol. The molecule has 8 heteroatoms. The molecule has 0 amide bonds. The molecule has 0 atom stereocenters. The average Bonchev–Trinajstić information content (AvgIpc) is 3.45. The van der Waals surface area contributed by atoms with E-state index in [2.05, 4.69) is 69.4 Å². The molecular weight excluding hydrogens is 550 g/mol. The van der Waals surface area contributed by atoms with Crippen LogP contribution in [0.15, 0.2) is 89.9 Å². The molecule has 0 aliphatic heterocycles. The lowest BCUT2D eigenvalue weighted by molar-refractivity contribution is 0.0965. The van der Waals surface area contributed by atoms with Crippen LogP contribution in [0.3, 0.4) is 0 Å². The first-order chi connectivity index (χ1) is 21.5. The molecule has 0 saturated heterocycles. The number of furan rings is 1. The Bertz CT molecular complexity index is 1960. The summed E-state index contributed by atoms with van der Waals surface area (Å²) in [6.45, 7) is 4.85. The summed E-state index contributed by atoms with van der Waals surface area (Å²) in [6, 6.07) is 20.1. The Morgan fingerprint density at radius 2 is 1.77 bits per heavy atom. The molecule has 0 spiro atoms. The van der Waals surface area contributed by atoms with Crippen molar-refractivity contribution < 1.29 is 13.9 Å². The molecule has 1 saturated carbocycles. The molecule has 7 rings (SSSR count). The Balaban J connectivity index is 1.36. The lowest BCUT2D eigenvalue weighted by Crippen LogP contribution is -2.17. The van der Waals surface area contributed by atoms with Crippen LogP contribution in [0.2, 0.25) is 0 Å². The highest BCUT2D eigenvalue weighted by Gasteiger charge is 2.48. The van der Waals surface area contributed by atoms with Gasteiger partial charge in [-0.15, -0.1) is 0 Å². The molecule has 220 valence electrons. The van der Waals surface area contributed by atoms with Gasteiger partial charge in [0, 0.05) is 71.4 Å². The van der Waals surface area contributed by atoms with Crippen LogP contribution in [-0.2, 0) is 5.41 Å². The Morgan fingerprint density at radius 3 is 2.45 bits per heavy atom. The summed E-state index contributed by atoms with van der Waals surface area (Å²) in [6.07, 6.45) is 9.16. The number of hydrogen-bond donors (Lipinski definition) is 2. The van der Waals surface area contributed by atoms with E-state index >= 15 is 0 Å². The van der Waals surface area contributed by atoms with Gasteiger partial charge in [0.1, 0.15) is 28.7 Å². The van der Waals surface area contributed by atoms with Gasteiger partial charge < -0.3 is 19.5 Å². The average molecular weight is 584 g/mol. The summed E-state index contributed by atoms with van der Waals surface area (Å²) in [5.74, 6) is 2.78. The van der Waals surface area contributed by atoms with Crippen LogP contribution >= 0.6 is 0 Å². The third-order valence-electron chi connectivity index (χ3n) is 8.45. The van der Waals surface area contributed by atoms with Crippen molar-refractivity contribution >= 4 is 22.4 Å². The molecule has 3 aromatic carbocycles. The van der Waals surface area contributed by atoms with E-state index in [9.17, 15) is 4.79 Å². The number of aryl methyl sites for hydroxylation is 1. The summed E-state index contributed by atoms with van der Waals surface area (Å²) >= 11 is 0. The van der Waals surface area contributed by atoms with Crippen molar-refractivity contribution in [3.05, 3.63) is 102 Å². The zero-order valence-electron chi connectivity index (χ0n) is 25.0. The summed E-state index contributed by atoms with van der Waals surface area (Å²) < 4.78 is 12.2. The lowest BCUT2D eigenvalue weighted by Gasteiger charge is -2.16. The first-order valence-corrected chi connectivity index (χ1v) is 14.9. The number of nitrogens with zero attached hydrogens (tertiary/aromatic N) is 3. The van der Waals surface area contributed by atoms with Gasteiger partial charge in [0.15, 0.2) is 5.78 Å². The van der Waals surface area contributed by atoms with Gasteiger partial charge in [0.2, 0.25) is 0 Å². The number of rotatable bonds is 10. The fraction of sp³-hybridized carbons (Fsp3) is 0.222. The van der Waals surface area contributed by atoms with Crippen molar-refractivity contribution in [1.29, 1.82) is 0 Å². The number of anilines is 1. The Morgan fingerprint density at radius 1 is 1.00 bits per heavy atom.